The summed E-state index contributed by atoms with van der Waals surface area (Å²) in [6, 6.07) is 8.72. The van der Waals surface area contributed by atoms with E-state index in [0.717, 1.165) is 23.4 Å². The van der Waals surface area contributed by atoms with Crippen LogP contribution in [0.1, 0.15) is 50.5 Å². The van der Waals surface area contributed by atoms with Gasteiger partial charge >= 0.3 is 0 Å². The molecule has 2 N–H and O–H groups in total. The van der Waals surface area contributed by atoms with Crippen molar-refractivity contribution in [2.45, 2.75) is 50.4 Å². The van der Waals surface area contributed by atoms with Crippen LogP contribution in [0.4, 0.5) is 0 Å². The quantitative estimate of drug-likeness (QED) is 0.869. The molecule has 2 heteroatoms. The minimum Gasteiger partial charge on any atom is -0.330 e. The van der Waals surface area contributed by atoms with Crippen molar-refractivity contribution >= 4 is 11.6 Å². The van der Waals surface area contributed by atoms with Gasteiger partial charge in [-0.3, -0.25) is 0 Å². The lowest BCUT2D eigenvalue weighted by molar-refractivity contribution is -0.0748. The lowest BCUT2D eigenvalue weighted by Crippen LogP contribution is -2.54. The number of hydrogen-bond acceptors (Lipinski definition) is 1. The number of hydrogen-bond donors (Lipinski definition) is 1. The van der Waals surface area contributed by atoms with E-state index in [-0.39, 0.29) is 0 Å². The van der Waals surface area contributed by atoms with E-state index in [9.17, 15) is 0 Å². The van der Waals surface area contributed by atoms with Gasteiger partial charge in [0, 0.05) is 5.02 Å². The first-order chi connectivity index (χ1) is 9.63. The number of rotatable bonds is 3. The first kappa shape index (κ1) is 13.2. The Morgan fingerprint density at radius 3 is 2.30 bits per heavy atom. The van der Waals surface area contributed by atoms with Crippen LogP contribution in [0.25, 0.3) is 0 Å². The molecule has 4 fully saturated rings. The number of halogens is 1. The van der Waals surface area contributed by atoms with E-state index in [1.165, 1.54) is 50.5 Å². The van der Waals surface area contributed by atoms with Crippen LogP contribution >= 0.6 is 11.6 Å². The normalized spacial score (nSPS) is 42.1. The molecular weight excluding hydrogens is 266 g/mol. The molecule has 108 valence electrons. The van der Waals surface area contributed by atoms with Crippen molar-refractivity contribution in [2.24, 2.45) is 23.0 Å². The Hall–Kier alpha value is -0.530. The molecule has 0 spiro atoms. The molecule has 1 nitrogen and oxygen atoms in total. The second-order valence-electron chi connectivity index (χ2n) is 7.79. The summed E-state index contributed by atoms with van der Waals surface area (Å²) >= 11 is 6.08. The van der Waals surface area contributed by atoms with Gasteiger partial charge < -0.3 is 5.73 Å². The molecule has 0 aromatic heterocycles. The summed E-state index contributed by atoms with van der Waals surface area (Å²) in [6.07, 6.45) is 9.75. The second kappa shape index (κ2) is 4.48. The molecule has 0 radical (unpaired) electrons. The fraction of sp³-hybridized carbons (Fsp3) is 0.667. The van der Waals surface area contributed by atoms with E-state index in [1.807, 2.05) is 0 Å². The highest BCUT2D eigenvalue weighted by molar-refractivity contribution is 6.30. The van der Waals surface area contributed by atoms with E-state index in [0.29, 0.717) is 10.8 Å². The Labute approximate surface area is 126 Å². The minimum atomic E-state index is 0.434. The third-order valence-electron chi connectivity index (χ3n) is 6.31. The molecule has 4 aliphatic rings. The van der Waals surface area contributed by atoms with E-state index < -0.39 is 0 Å². The molecule has 1 aromatic rings. The topological polar surface area (TPSA) is 26.0 Å². The average molecular weight is 290 g/mol. The van der Waals surface area contributed by atoms with Crippen molar-refractivity contribution in [3.63, 3.8) is 0 Å². The second-order valence-corrected chi connectivity index (χ2v) is 8.22. The largest absolute Gasteiger partial charge is 0.330 e. The lowest BCUT2D eigenvalue weighted by Gasteiger charge is -2.62. The smallest absolute Gasteiger partial charge is 0.0406 e. The monoisotopic (exact) mass is 289 g/mol. The molecule has 5 rings (SSSR count). The van der Waals surface area contributed by atoms with Crippen molar-refractivity contribution in [3.8, 4) is 0 Å². The highest BCUT2D eigenvalue weighted by Crippen LogP contribution is 2.66. The van der Waals surface area contributed by atoms with Gasteiger partial charge in [-0.1, -0.05) is 23.7 Å². The Morgan fingerprint density at radius 1 is 1.05 bits per heavy atom. The van der Waals surface area contributed by atoms with Gasteiger partial charge in [0.05, 0.1) is 0 Å². The van der Waals surface area contributed by atoms with Crippen molar-refractivity contribution < 1.29 is 0 Å². The Balaban J connectivity index is 1.73. The van der Waals surface area contributed by atoms with Gasteiger partial charge in [0.25, 0.3) is 0 Å². The summed E-state index contributed by atoms with van der Waals surface area (Å²) in [6.45, 7) is 0.857. The number of benzene rings is 1. The maximum Gasteiger partial charge on any atom is 0.0406 e. The molecule has 2 atom stereocenters. The zero-order chi connectivity index (χ0) is 13.8. The van der Waals surface area contributed by atoms with Crippen molar-refractivity contribution in [2.75, 3.05) is 6.54 Å². The van der Waals surface area contributed by atoms with Crippen LogP contribution in [-0.4, -0.2) is 6.54 Å². The van der Waals surface area contributed by atoms with Gasteiger partial charge in [0.15, 0.2) is 0 Å². The summed E-state index contributed by atoms with van der Waals surface area (Å²) in [5, 5.41) is 0.857. The van der Waals surface area contributed by atoms with E-state index >= 15 is 0 Å². The van der Waals surface area contributed by atoms with Crippen LogP contribution in [0.2, 0.25) is 5.02 Å². The molecule has 0 saturated heterocycles. The third kappa shape index (κ3) is 1.94. The lowest BCUT2D eigenvalue weighted by atomic mass is 9.42. The summed E-state index contributed by atoms with van der Waals surface area (Å²) in [4.78, 5) is 0. The third-order valence-corrected chi connectivity index (χ3v) is 6.57. The van der Waals surface area contributed by atoms with Crippen molar-refractivity contribution in [3.05, 3.63) is 34.9 Å². The van der Waals surface area contributed by atoms with Gasteiger partial charge in [-0.25, -0.2) is 0 Å². The van der Waals surface area contributed by atoms with Gasteiger partial charge in [-0.15, -0.1) is 0 Å². The summed E-state index contributed by atoms with van der Waals surface area (Å²) in [5.41, 5.74) is 8.46. The van der Waals surface area contributed by atoms with E-state index in [4.69, 9.17) is 17.3 Å². The molecule has 0 heterocycles. The predicted octanol–water partition coefficient (Wildman–Crippen LogP) is 4.53. The van der Waals surface area contributed by atoms with E-state index in [2.05, 4.69) is 24.3 Å². The van der Waals surface area contributed by atoms with Crippen LogP contribution in [0.5, 0.6) is 0 Å². The fourth-order valence-electron chi connectivity index (χ4n) is 6.19. The predicted molar refractivity (Wildman–Crippen MR) is 83.9 cm³/mol. The van der Waals surface area contributed by atoms with Crippen LogP contribution in [-0.2, 0) is 5.41 Å². The fourth-order valence-corrected chi connectivity index (χ4v) is 6.32. The molecule has 0 aliphatic heterocycles. The maximum absolute atomic E-state index is 6.08. The van der Waals surface area contributed by atoms with Crippen molar-refractivity contribution in [1.82, 2.24) is 0 Å². The summed E-state index contributed by atoms with van der Waals surface area (Å²) < 4.78 is 0. The standard InChI is InChI=1S/C18H24ClN/c19-16-3-1-15(2-4-16)18-10-13-7-14(11-18)9-17(8-13,12-18)5-6-20/h1-4,13-14H,5-12,20H2. The molecular formula is C18H24ClN. The first-order valence-corrected chi connectivity index (χ1v) is 8.47. The van der Waals surface area contributed by atoms with Gasteiger partial charge in [0.1, 0.15) is 0 Å². The summed E-state index contributed by atoms with van der Waals surface area (Å²) in [5.74, 6) is 1.89. The Kier molecular flexibility index (Phi) is 2.95. The van der Waals surface area contributed by atoms with Crippen LogP contribution in [0.15, 0.2) is 24.3 Å². The zero-order valence-corrected chi connectivity index (χ0v) is 12.8. The molecule has 2 unspecified atom stereocenters. The Bertz CT molecular complexity index is 493. The molecule has 0 amide bonds. The highest BCUT2D eigenvalue weighted by atomic mass is 35.5. The van der Waals surface area contributed by atoms with E-state index in [1.54, 1.807) is 0 Å². The SMILES string of the molecule is NCCC12CC3CC(C1)CC(c1ccc(Cl)cc1)(C3)C2. The molecule has 4 bridgehead atoms. The first-order valence-electron chi connectivity index (χ1n) is 8.09. The Morgan fingerprint density at radius 2 is 1.70 bits per heavy atom. The van der Waals surface area contributed by atoms with Gasteiger partial charge in [-0.2, -0.15) is 0 Å². The highest BCUT2D eigenvalue weighted by Gasteiger charge is 2.57. The summed E-state index contributed by atoms with van der Waals surface area (Å²) in [7, 11) is 0. The molecule has 4 saturated carbocycles. The molecule has 1 aromatic carbocycles. The average Bonchev–Trinajstić information content (AvgIpc) is 2.37. The minimum absolute atomic E-state index is 0.434. The van der Waals surface area contributed by atoms with Crippen LogP contribution < -0.4 is 5.73 Å². The molecule has 4 aliphatic carbocycles. The van der Waals surface area contributed by atoms with Crippen LogP contribution in [0, 0.1) is 17.3 Å². The van der Waals surface area contributed by atoms with Gasteiger partial charge in [-0.05, 0) is 91.9 Å². The number of nitrogens with two attached hydrogens (primary N) is 1. The van der Waals surface area contributed by atoms with Crippen molar-refractivity contribution in [1.29, 1.82) is 0 Å². The van der Waals surface area contributed by atoms with Crippen LogP contribution in [0.3, 0.4) is 0 Å². The maximum atomic E-state index is 6.08. The van der Waals surface area contributed by atoms with Gasteiger partial charge in [0.2, 0.25) is 0 Å². The molecule has 20 heavy (non-hydrogen) atoms. The zero-order valence-electron chi connectivity index (χ0n) is 12.1.